The summed E-state index contributed by atoms with van der Waals surface area (Å²) in [5.74, 6) is -0.236. The number of esters is 1. The van der Waals surface area contributed by atoms with E-state index >= 15 is 0 Å². The largest absolute Gasteiger partial charge is 0.508 e. The maximum absolute atomic E-state index is 11.4. The molecule has 1 atom stereocenters. The zero-order valence-corrected chi connectivity index (χ0v) is 12.0. The van der Waals surface area contributed by atoms with Crippen molar-refractivity contribution in [2.24, 2.45) is 0 Å². The third-order valence-corrected chi connectivity index (χ3v) is 3.12. The SMILES string of the molecule is C=CCCCCCCCCC(=O)OCC1COC(=O)O1. The van der Waals surface area contributed by atoms with E-state index in [2.05, 4.69) is 11.3 Å². The summed E-state index contributed by atoms with van der Waals surface area (Å²) in [4.78, 5) is 22.1. The summed E-state index contributed by atoms with van der Waals surface area (Å²) in [6.45, 7) is 3.94. The number of allylic oxidation sites excluding steroid dienone is 1. The second kappa shape index (κ2) is 10.3. The number of carbonyl (C=O) groups is 2. The van der Waals surface area contributed by atoms with Crippen molar-refractivity contribution >= 4 is 12.1 Å². The van der Waals surface area contributed by atoms with Crippen molar-refractivity contribution in [3.8, 4) is 0 Å². The minimum absolute atomic E-state index is 0.0894. The van der Waals surface area contributed by atoms with Gasteiger partial charge in [-0.25, -0.2) is 4.79 Å². The van der Waals surface area contributed by atoms with Crippen LogP contribution in [-0.4, -0.2) is 31.4 Å². The Bertz CT molecular complexity index is 313. The molecule has 1 aliphatic heterocycles. The molecular formula is C15H24O5. The lowest BCUT2D eigenvalue weighted by Gasteiger charge is -2.07. The molecule has 0 aromatic heterocycles. The smallest absolute Gasteiger partial charge is 0.462 e. The van der Waals surface area contributed by atoms with Crippen LogP contribution < -0.4 is 0 Å². The van der Waals surface area contributed by atoms with E-state index in [4.69, 9.17) is 9.47 Å². The number of unbranched alkanes of at least 4 members (excludes halogenated alkanes) is 6. The molecule has 114 valence electrons. The van der Waals surface area contributed by atoms with Crippen molar-refractivity contribution in [3.63, 3.8) is 0 Å². The Morgan fingerprint density at radius 3 is 2.60 bits per heavy atom. The molecule has 0 N–H and O–H groups in total. The molecule has 0 spiro atoms. The number of hydrogen-bond donors (Lipinski definition) is 0. The molecule has 1 saturated heterocycles. The fourth-order valence-corrected chi connectivity index (χ4v) is 1.97. The van der Waals surface area contributed by atoms with E-state index in [0.717, 1.165) is 25.7 Å². The summed E-state index contributed by atoms with van der Waals surface area (Å²) >= 11 is 0. The van der Waals surface area contributed by atoms with E-state index in [-0.39, 0.29) is 19.2 Å². The molecule has 5 heteroatoms. The van der Waals surface area contributed by atoms with Gasteiger partial charge in [0.15, 0.2) is 6.10 Å². The maximum Gasteiger partial charge on any atom is 0.508 e. The van der Waals surface area contributed by atoms with Crippen LogP contribution in [0.25, 0.3) is 0 Å². The van der Waals surface area contributed by atoms with Crippen LogP contribution in [0.15, 0.2) is 12.7 Å². The molecule has 0 radical (unpaired) electrons. The highest BCUT2D eigenvalue weighted by atomic mass is 16.8. The number of cyclic esters (lactones) is 2. The average Bonchev–Trinajstić information content (AvgIpc) is 2.85. The molecule has 1 rings (SSSR count). The first kappa shape index (κ1) is 16.5. The van der Waals surface area contributed by atoms with Crippen LogP contribution in [0.2, 0.25) is 0 Å². The van der Waals surface area contributed by atoms with Gasteiger partial charge in [0, 0.05) is 6.42 Å². The van der Waals surface area contributed by atoms with E-state index in [9.17, 15) is 9.59 Å². The van der Waals surface area contributed by atoms with E-state index in [1.54, 1.807) is 0 Å². The summed E-state index contributed by atoms with van der Waals surface area (Å²) in [6.07, 6.45) is 9.00. The number of hydrogen-bond acceptors (Lipinski definition) is 5. The summed E-state index contributed by atoms with van der Waals surface area (Å²) in [5, 5.41) is 0. The van der Waals surface area contributed by atoms with Crippen LogP contribution in [-0.2, 0) is 19.0 Å². The second-order valence-electron chi connectivity index (χ2n) is 4.93. The van der Waals surface area contributed by atoms with Gasteiger partial charge in [0.2, 0.25) is 0 Å². The van der Waals surface area contributed by atoms with Crippen molar-refractivity contribution in [3.05, 3.63) is 12.7 Å². The molecule has 1 unspecified atom stereocenters. The van der Waals surface area contributed by atoms with Crippen molar-refractivity contribution in [1.82, 2.24) is 0 Å². The van der Waals surface area contributed by atoms with Crippen LogP contribution in [0.1, 0.15) is 51.4 Å². The van der Waals surface area contributed by atoms with Gasteiger partial charge in [0.25, 0.3) is 0 Å². The third-order valence-electron chi connectivity index (χ3n) is 3.12. The predicted molar refractivity (Wildman–Crippen MR) is 74.3 cm³/mol. The Kier molecular flexibility index (Phi) is 8.51. The van der Waals surface area contributed by atoms with Gasteiger partial charge in [0.1, 0.15) is 13.2 Å². The molecule has 0 bridgehead atoms. The van der Waals surface area contributed by atoms with E-state index in [1.807, 2.05) is 6.08 Å². The van der Waals surface area contributed by atoms with Gasteiger partial charge >= 0.3 is 12.1 Å². The first-order valence-electron chi connectivity index (χ1n) is 7.32. The van der Waals surface area contributed by atoms with Gasteiger partial charge in [-0.2, -0.15) is 0 Å². The Hall–Kier alpha value is -1.52. The Morgan fingerprint density at radius 2 is 1.95 bits per heavy atom. The molecule has 5 nitrogen and oxygen atoms in total. The van der Waals surface area contributed by atoms with Gasteiger partial charge in [0.05, 0.1) is 0 Å². The Labute approximate surface area is 120 Å². The lowest BCUT2D eigenvalue weighted by atomic mass is 10.1. The molecule has 1 heterocycles. The molecule has 20 heavy (non-hydrogen) atoms. The predicted octanol–water partition coefficient (Wildman–Crippen LogP) is 3.37. The molecule has 0 saturated carbocycles. The maximum atomic E-state index is 11.4. The Morgan fingerprint density at radius 1 is 1.25 bits per heavy atom. The lowest BCUT2D eigenvalue weighted by Crippen LogP contribution is -2.20. The van der Waals surface area contributed by atoms with Crippen molar-refractivity contribution in [2.45, 2.75) is 57.5 Å². The van der Waals surface area contributed by atoms with Crippen LogP contribution in [0.5, 0.6) is 0 Å². The van der Waals surface area contributed by atoms with Crippen molar-refractivity contribution < 1.29 is 23.8 Å². The minimum atomic E-state index is -0.692. The molecule has 0 aliphatic carbocycles. The van der Waals surface area contributed by atoms with Gasteiger partial charge in [-0.05, 0) is 19.3 Å². The fraction of sp³-hybridized carbons (Fsp3) is 0.733. The summed E-state index contributed by atoms with van der Waals surface area (Å²) in [6, 6.07) is 0. The molecule has 0 amide bonds. The number of rotatable bonds is 11. The monoisotopic (exact) mass is 284 g/mol. The fourth-order valence-electron chi connectivity index (χ4n) is 1.97. The van der Waals surface area contributed by atoms with Crippen molar-refractivity contribution in [1.29, 1.82) is 0 Å². The number of carbonyl (C=O) groups excluding carboxylic acids is 2. The summed E-state index contributed by atoms with van der Waals surface area (Å²) in [5.41, 5.74) is 0. The van der Waals surface area contributed by atoms with Crippen LogP contribution in [0, 0.1) is 0 Å². The third kappa shape index (κ3) is 7.81. The first-order valence-corrected chi connectivity index (χ1v) is 7.32. The van der Waals surface area contributed by atoms with Crippen LogP contribution >= 0.6 is 0 Å². The number of ether oxygens (including phenoxy) is 3. The molecule has 1 aliphatic rings. The van der Waals surface area contributed by atoms with E-state index in [0.29, 0.717) is 6.42 Å². The zero-order chi connectivity index (χ0) is 14.6. The standard InChI is InChI=1S/C15H24O5/c1-2-3-4-5-6-7-8-9-10-14(16)18-11-13-12-19-15(17)20-13/h2,13H,1,3-12H2. The quantitative estimate of drug-likeness (QED) is 0.331. The van der Waals surface area contributed by atoms with Crippen molar-refractivity contribution in [2.75, 3.05) is 13.2 Å². The van der Waals surface area contributed by atoms with Gasteiger partial charge in [-0.3, -0.25) is 4.79 Å². The normalized spacial score (nSPS) is 17.4. The highest BCUT2D eigenvalue weighted by molar-refractivity contribution is 5.69. The zero-order valence-electron chi connectivity index (χ0n) is 12.0. The average molecular weight is 284 g/mol. The topological polar surface area (TPSA) is 61.8 Å². The first-order chi connectivity index (χ1) is 9.72. The molecule has 0 aromatic carbocycles. The highest BCUT2D eigenvalue weighted by Gasteiger charge is 2.26. The van der Waals surface area contributed by atoms with E-state index in [1.165, 1.54) is 19.3 Å². The molecule has 1 fully saturated rings. The van der Waals surface area contributed by atoms with Gasteiger partial charge in [-0.15, -0.1) is 6.58 Å². The van der Waals surface area contributed by atoms with E-state index < -0.39 is 12.3 Å². The summed E-state index contributed by atoms with van der Waals surface area (Å²) < 4.78 is 14.4. The van der Waals surface area contributed by atoms with Gasteiger partial charge < -0.3 is 14.2 Å². The molecular weight excluding hydrogens is 260 g/mol. The van der Waals surface area contributed by atoms with Crippen LogP contribution in [0.3, 0.4) is 0 Å². The lowest BCUT2D eigenvalue weighted by molar-refractivity contribution is -0.146. The minimum Gasteiger partial charge on any atom is -0.462 e. The second-order valence-corrected chi connectivity index (χ2v) is 4.93. The van der Waals surface area contributed by atoms with Crippen LogP contribution in [0.4, 0.5) is 4.79 Å². The summed E-state index contributed by atoms with van der Waals surface area (Å²) in [7, 11) is 0. The molecule has 0 aromatic rings. The highest BCUT2D eigenvalue weighted by Crippen LogP contribution is 2.10. The Balaban J connectivity index is 1.87. The van der Waals surface area contributed by atoms with Gasteiger partial charge in [-0.1, -0.05) is 31.8 Å².